The van der Waals surface area contributed by atoms with Crippen molar-refractivity contribution in [2.24, 2.45) is 0 Å². The van der Waals surface area contributed by atoms with Crippen LogP contribution in [0.25, 0.3) is 11.3 Å². The van der Waals surface area contributed by atoms with E-state index < -0.39 is 0 Å². The fraction of sp³-hybridized carbons (Fsp3) is 0.391. The van der Waals surface area contributed by atoms with E-state index in [1.807, 2.05) is 12.1 Å². The van der Waals surface area contributed by atoms with Crippen molar-refractivity contribution in [3.8, 4) is 23.1 Å². The van der Waals surface area contributed by atoms with E-state index in [9.17, 15) is 0 Å². The Kier molecular flexibility index (Phi) is 6.14. The molecule has 0 amide bonds. The lowest BCUT2D eigenvalue weighted by Gasteiger charge is -2.28. The first-order valence-corrected chi connectivity index (χ1v) is 10.5. The molecule has 1 atom stereocenters. The van der Waals surface area contributed by atoms with Gasteiger partial charge in [-0.2, -0.15) is 10.4 Å². The Balaban J connectivity index is 1.50. The second kappa shape index (κ2) is 9.14. The molecule has 31 heavy (non-hydrogen) atoms. The van der Waals surface area contributed by atoms with Crippen molar-refractivity contribution >= 4 is 11.6 Å². The number of nitriles is 1. The van der Waals surface area contributed by atoms with Gasteiger partial charge in [0.2, 0.25) is 0 Å². The van der Waals surface area contributed by atoms with Gasteiger partial charge in [-0.05, 0) is 57.4 Å². The predicted octanol–water partition coefficient (Wildman–Crippen LogP) is 3.91. The summed E-state index contributed by atoms with van der Waals surface area (Å²) in [6.45, 7) is 5.73. The lowest BCUT2D eigenvalue weighted by atomic mass is 10.00. The van der Waals surface area contributed by atoms with Crippen LogP contribution in [0, 0.1) is 11.3 Å². The number of aromatic amines is 1. The van der Waals surface area contributed by atoms with Gasteiger partial charge in [-0.3, -0.25) is 10.00 Å². The average Bonchev–Trinajstić information content (AvgIpc) is 3.44. The van der Waals surface area contributed by atoms with Crippen LogP contribution in [0.4, 0.5) is 11.6 Å². The molecule has 8 heteroatoms. The minimum atomic E-state index is 0.271. The number of aromatic nitrogens is 4. The summed E-state index contributed by atoms with van der Waals surface area (Å²) in [5.41, 5.74) is 3.35. The van der Waals surface area contributed by atoms with Crippen LogP contribution in [0.3, 0.4) is 0 Å². The Bertz CT molecular complexity index is 1070. The number of H-pyrrole nitrogens is 1. The molecular formula is C23H27N7O. The van der Waals surface area contributed by atoms with E-state index in [0.29, 0.717) is 23.7 Å². The minimum Gasteiger partial charge on any atom is -0.496 e. The summed E-state index contributed by atoms with van der Waals surface area (Å²) in [7, 11) is 1.69. The standard InChI is InChI=1S/C23H27N7O/c1-15(2)30-8-4-5-18(30)9-16-6-7-19(21(10-16)31-3)20-11-22(29-28-20)27-23-14-25-17(12-24)13-26-23/h6-7,10-11,13-15,18H,4-5,8-9H2,1-3H3,(H2,26,27,28,29)/t18-/m0/s1. The number of hydrogen-bond acceptors (Lipinski definition) is 7. The normalized spacial score (nSPS) is 16.4. The van der Waals surface area contributed by atoms with Crippen LogP contribution < -0.4 is 10.1 Å². The van der Waals surface area contributed by atoms with E-state index in [-0.39, 0.29) is 5.69 Å². The van der Waals surface area contributed by atoms with Gasteiger partial charge in [0.15, 0.2) is 11.5 Å². The van der Waals surface area contributed by atoms with Gasteiger partial charge in [0.25, 0.3) is 0 Å². The van der Waals surface area contributed by atoms with Gasteiger partial charge in [0.05, 0.1) is 25.2 Å². The zero-order valence-corrected chi connectivity index (χ0v) is 18.1. The van der Waals surface area contributed by atoms with E-state index in [1.54, 1.807) is 7.11 Å². The molecule has 160 valence electrons. The SMILES string of the molecule is COc1cc(C[C@@H]2CCCN2C(C)C)ccc1-c1cc(Nc2cnc(C#N)cn2)n[nH]1. The number of methoxy groups -OCH3 is 1. The summed E-state index contributed by atoms with van der Waals surface area (Å²) in [5.74, 6) is 1.95. The maximum absolute atomic E-state index is 8.83. The maximum Gasteiger partial charge on any atom is 0.158 e. The van der Waals surface area contributed by atoms with Crippen molar-refractivity contribution in [1.82, 2.24) is 25.1 Å². The molecule has 2 N–H and O–H groups in total. The van der Waals surface area contributed by atoms with Gasteiger partial charge >= 0.3 is 0 Å². The van der Waals surface area contributed by atoms with Gasteiger partial charge in [-0.15, -0.1) is 0 Å². The summed E-state index contributed by atoms with van der Waals surface area (Å²) in [6.07, 6.45) is 6.47. The summed E-state index contributed by atoms with van der Waals surface area (Å²) in [5, 5.41) is 19.3. The van der Waals surface area contributed by atoms with Crippen molar-refractivity contribution in [2.75, 3.05) is 19.0 Å². The Morgan fingerprint density at radius 2 is 2.13 bits per heavy atom. The fourth-order valence-electron chi connectivity index (χ4n) is 4.22. The topological polar surface area (TPSA) is 103 Å². The van der Waals surface area contributed by atoms with E-state index >= 15 is 0 Å². The van der Waals surface area contributed by atoms with E-state index in [0.717, 1.165) is 23.4 Å². The van der Waals surface area contributed by atoms with Gasteiger partial charge in [0.1, 0.15) is 17.6 Å². The van der Waals surface area contributed by atoms with E-state index in [2.05, 4.69) is 62.4 Å². The highest BCUT2D eigenvalue weighted by Gasteiger charge is 2.26. The number of likely N-dealkylation sites (tertiary alicyclic amines) is 1. The first-order chi connectivity index (χ1) is 15.1. The Morgan fingerprint density at radius 1 is 1.26 bits per heavy atom. The fourth-order valence-corrected chi connectivity index (χ4v) is 4.22. The molecule has 0 spiro atoms. The predicted molar refractivity (Wildman–Crippen MR) is 119 cm³/mol. The van der Waals surface area contributed by atoms with Crippen LogP contribution in [0.1, 0.15) is 37.9 Å². The summed E-state index contributed by atoms with van der Waals surface area (Å²) in [4.78, 5) is 10.8. The highest BCUT2D eigenvalue weighted by Crippen LogP contribution is 2.32. The third-order valence-electron chi connectivity index (χ3n) is 5.71. The molecule has 8 nitrogen and oxygen atoms in total. The zero-order valence-electron chi connectivity index (χ0n) is 18.1. The highest BCUT2D eigenvalue weighted by molar-refractivity contribution is 5.71. The van der Waals surface area contributed by atoms with Crippen LogP contribution in [0.2, 0.25) is 0 Å². The van der Waals surface area contributed by atoms with Crippen LogP contribution in [-0.4, -0.2) is 50.8 Å². The summed E-state index contributed by atoms with van der Waals surface area (Å²) < 4.78 is 5.70. The molecule has 1 aliphatic heterocycles. The van der Waals surface area contributed by atoms with Crippen molar-refractivity contribution in [3.63, 3.8) is 0 Å². The number of hydrogen-bond donors (Lipinski definition) is 2. The molecule has 1 aromatic carbocycles. The third kappa shape index (κ3) is 4.67. The van der Waals surface area contributed by atoms with E-state index in [4.69, 9.17) is 10.00 Å². The average molecular weight is 418 g/mol. The first kappa shape index (κ1) is 20.8. The molecule has 3 heterocycles. The lowest BCUT2D eigenvalue weighted by molar-refractivity contribution is 0.202. The molecular weight excluding hydrogens is 390 g/mol. The summed E-state index contributed by atoms with van der Waals surface area (Å²) in [6, 6.07) is 11.4. The second-order valence-electron chi connectivity index (χ2n) is 8.06. The van der Waals surface area contributed by atoms with Gasteiger partial charge in [-0.1, -0.05) is 6.07 Å². The van der Waals surface area contributed by atoms with Crippen LogP contribution in [0.15, 0.2) is 36.7 Å². The molecule has 2 aromatic heterocycles. The van der Waals surface area contributed by atoms with Gasteiger partial charge in [-0.25, -0.2) is 9.97 Å². The largest absolute Gasteiger partial charge is 0.496 e. The van der Waals surface area contributed by atoms with Crippen molar-refractivity contribution in [2.45, 2.75) is 45.2 Å². The lowest BCUT2D eigenvalue weighted by Crippen LogP contribution is -2.36. The minimum absolute atomic E-state index is 0.271. The van der Waals surface area contributed by atoms with Crippen LogP contribution >= 0.6 is 0 Å². The molecule has 1 aliphatic rings. The number of anilines is 2. The molecule has 3 aromatic rings. The quantitative estimate of drug-likeness (QED) is 0.601. The van der Waals surface area contributed by atoms with Crippen molar-refractivity contribution in [1.29, 1.82) is 5.26 Å². The molecule has 0 aliphatic carbocycles. The molecule has 1 fully saturated rings. The Labute approximate surface area is 182 Å². The molecule has 0 saturated carbocycles. The number of ether oxygens (including phenoxy) is 1. The molecule has 0 unspecified atom stereocenters. The monoisotopic (exact) mass is 417 g/mol. The number of nitrogens with one attached hydrogen (secondary N) is 2. The third-order valence-corrected chi connectivity index (χ3v) is 5.71. The zero-order chi connectivity index (χ0) is 21.8. The Morgan fingerprint density at radius 3 is 2.84 bits per heavy atom. The highest BCUT2D eigenvalue weighted by atomic mass is 16.5. The molecule has 4 rings (SSSR count). The number of rotatable bonds is 7. The first-order valence-electron chi connectivity index (χ1n) is 10.5. The van der Waals surface area contributed by atoms with Gasteiger partial charge < -0.3 is 10.1 Å². The van der Waals surface area contributed by atoms with E-state index in [1.165, 1.54) is 37.3 Å². The van der Waals surface area contributed by atoms with Crippen LogP contribution in [0.5, 0.6) is 5.75 Å². The van der Waals surface area contributed by atoms with Crippen LogP contribution in [-0.2, 0) is 6.42 Å². The number of benzene rings is 1. The summed E-state index contributed by atoms with van der Waals surface area (Å²) >= 11 is 0. The van der Waals surface area contributed by atoms with Crippen molar-refractivity contribution in [3.05, 3.63) is 47.9 Å². The molecule has 0 bridgehead atoms. The number of nitrogens with zero attached hydrogens (tertiary/aromatic N) is 5. The molecule has 1 saturated heterocycles. The molecule has 0 radical (unpaired) electrons. The Hall–Kier alpha value is -3.44. The second-order valence-corrected chi connectivity index (χ2v) is 8.06. The maximum atomic E-state index is 8.83. The van der Waals surface area contributed by atoms with Gasteiger partial charge in [0, 0.05) is 23.7 Å². The smallest absolute Gasteiger partial charge is 0.158 e. The van der Waals surface area contributed by atoms with Crippen molar-refractivity contribution < 1.29 is 4.74 Å².